The molecule has 0 spiro atoms. The van der Waals surface area contributed by atoms with Crippen LogP contribution in [0.3, 0.4) is 0 Å². The van der Waals surface area contributed by atoms with Crippen LogP contribution in [0.4, 0.5) is 0 Å². The number of thioether (sulfide) groups is 1. The SMILES string of the molecule is CC(=O)NCC(SC(=O)CCCC(=O)N=O)C(C)C. The maximum atomic E-state index is 11.7. The lowest BCUT2D eigenvalue weighted by Gasteiger charge is -2.19. The lowest BCUT2D eigenvalue weighted by molar-refractivity contribution is -0.119. The molecule has 0 bridgehead atoms. The minimum Gasteiger partial charge on any atom is -0.355 e. The maximum Gasteiger partial charge on any atom is 0.286 e. The highest BCUT2D eigenvalue weighted by Crippen LogP contribution is 2.22. The Bertz CT molecular complexity index is 345. The summed E-state index contributed by atoms with van der Waals surface area (Å²) in [6, 6.07) is 0. The summed E-state index contributed by atoms with van der Waals surface area (Å²) in [5.74, 6) is -0.600. The highest BCUT2D eigenvalue weighted by atomic mass is 32.2. The quantitative estimate of drug-likeness (QED) is 0.688. The first-order valence-corrected chi connectivity index (χ1v) is 7.04. The van der Waals surface area contributed by atoms with Gasteiger partial charge in [-0.1, -0.05) is 25.6 Å². The van der Waals surface area contributed by atoms with E-state index >= 15 is 0 Å². The molecule has 0 fully saturated rings. The molecular formula is C12H20N2O4S. The van der Waals surface area contributed by atoms with Crippen molar-refractivity contribution in [1.82, 2.24) is 5.32 Å². The van der Waals surface area contributed by atoms with E-state index in [9.17, 15) is 19.3 Å². The average molecular weight is 288 g/mol. The smallest absolute Gasteiger partial charge is 0.286 e. The topological polar surface area (TPSA) is 92.7 Å². The highest BCUT2D eigenvalue weighted by molar-refractivity contribution is 8.14. The molecule has 0 aromatic rings. The van der Waals surface area contributed by atoms with E-state index in [1.54, 1.807) is 0 Å². The summed E-state index contributed by atoms with van der Waals surface area (Å²) in [6.07, 6.45) is 0.574. The van der Waals surface area contributed by atoms with E-state index in [1.807, 2.05) is 13.8 Å². The van der Waals surface area contributed by atoms with Gasteiger partial charge in [0.15, 0.2) is 5.12 Å². The lowest BCUT2D eigenvalue weighted by atomic mass is 10.1. The normalized spacial score (nSPS) is 12.0. The van der Waals surface area contributed by atoms with Crippen LogP contribution in [0.1, 0.15) is 40.0 Å². The van der Waals surface area contributed by atoms with Crippen molar-refractivity contribution in [2.24, 2.45) is 11.1 Å². The fraction of sp³-hybridized carbons (Fsp3) is 0.750. The van der Waals surface area contributed by atoms with Gasteiger partial charge in [-0.15, -0.1) is 4.91 Å². The van der Waals surface area contributed by atoms with Crippen LogP contribution in [0.15, 0.2) is 5.18 Å². The van der Waals surface area contributed by atoms with Gasteiger partial charge in [0.05, 0.1) is 0 Å². The number of hydrogen-bond acceptors (Lipinski definition) is 5. The number of nitrogens with one attached hydrogen (secondary N) is 1. The van der Waals surface area contributed by atoms with Crippen LogP contribution < -0.4 is 5.32 Å². The number of nitroso groups, excluding NO2 is 1. The summed E-state index contributed by atoms with van der Waals surface area (Å²) in [5, 5.41) is 4.93. The molecule has 7 heteroatoms. The third-order valence-electron chi connectivity index (χ3n) is 2.45. The molecule has 0 aromatic carbocycles. The predicted octanol–water partition coefficient (Wildman–Crippen LogP) is 1.87. The number of carbonyl (C=O) groups excluding carboxylic acids is 3. The summed E-state index contributed by atoms with van der Waals surface area (Å²) < 4.78 is 0. The number of hydrogen-bond donors (Lipinski definition) is 1. The van der Waals surface area contributed by atoms with E-state index in [4.69, 9.17) is 0 Å². The predicted molar refractivity (Wildman–Crippen MR) is 74.6 cm³/mol. The first-order chi connectivity index (χ1) is 8.86. The third-order valence-corrected chi connectivity index (χ3v) is 3.93. The van der Waals surface area contributed by atoms with Crippen LogP contribution in [-0.2, 0) is 14.4 Å². The van der Waals surface area contributed by atoms with Crippen molar-refractivity contribution >= 4 is 28.7 Å². The fourth-order valence-corrected chi connectivity index (χ4v) is 2.35. The van der Waals surface area contributed by atoms with Crippen LogP contribution in [-0.4, -0.2) is 28.7 Å². The molecule has 0 saturated carbocycles. The van der Waals surface area contributed by atoms with Crippen LogP contribution in [0, 0.1) is 10.8 Å². The second kappa shape index (κ2) is 9.66. The Labute approximate surface area is 117 Å². The standard InChI is InChI=1S/C12H20N2O4S/c1-8(2)10(7-13-9(3)15)19-12(17)6-4-5-11(16)14-18/h8,10H,4-7H2,1-3H3,(H,13,15). The van der Waals surface area contributed by atoms with E-state index in [1.165, 1.54) is 18.7 Å². The summed E-state index contributed by atoms with van der Waals surface area (Å²) in [5.41, 5.74) is 0. The van der Waals surface area contributed by atoms with E-state index in [2.05, 4.69) is 10.5 Å². The zero-order chi connectivity index (χ0) is 14.8. The van der Waals surface area contributed by atoms with Gasteiger partial charge in [0.2, 0.25) is 5.91 Å². The largest absolute Gasteiger partial charge is 0.355 e. The highest BCUT2D eigenvalue weighted by Gasteiger charge is 2.18. The van der Waals surface area contributed by atoms with Crippen molar-refractivity contribution in [2.45, 2.75) is 45.3 Å². The number of nitrogens with zero attached hydrogens (tertiary/aromatic N) is 1. The molecule has 19 heavy (non-hydrogen) atoms. The summed E-state index contributed by atoms with van der Waals surface area (Å²) in [7, 11) is 0. The molecule has 2 amide bonds. The molecule has 1 N–H and O–H groups in total. The maximum absolute atomic E-state index is 11.7. The lowest BCUT2D eigenvalue weighted by Crippen LogP contribution is -2.32. The zero-order valence-corrected chi connectivity index (χ0v) is 12.3. The van der Waals surface area contributed by atoms with E-state index < -0.39 is 5.91 Å². The molecule has 6 nitrogen and oxygen atoms in total. The van der Waals surface area contributed by atoms with Crippen LogP contribution in [0.5, 0.6) is 0 Å². The van der Waals surface area contributed by atoms with Crippen molar-refractivity contribution in [2.75, 3.05) is 6.54 Å². The number of carbonyl (C=O) groups is 3. The van der Waals surface area contributed by atoms with Gasteiger partial charge in [0.1, 0.15) is 0 Å². The third kappa shape index (κ3) is 9.35. The monoisotopic (exact) mass is 288 g/mol. The molecule has 0 aliphatic carbocycles. The van der Waals surface area contributed by atoms with Gasteiger partial charge in [-0.2, -0.15) is 0 Å². The van der Waals surface area contributed by atoms with Crippen molar-refractivity contribution in [1.29, 1.82) is 0 Å². The van der Waals surface area contributed by atoms with E-state index in [0.29, 0.717) is 13.0 Å². The van der Waals surface area contributed by atoms with E-state index in [0.717, 1.165) is 0 Å². The number of amides is 2. The second-order valence-electron chi connectivity index (χ2n) is 4.55. The Balaban J connectivity index is 4.06. The number of rotatable bonds is 8. The van der Waals surface area contributed by atoms with Crippen molar-refractivity contribution in [3.05, 3.63) is 4.91 Å². The summed E-state index contributed by atoms with van der Waals surface area (Å²) in [6.45, 7) is 5.83. The molecule has 0 aliphatic heterocycles. The van der Waals surface area contributed by atoms with Crippen LogP contribution >= 0.6 is 11.8 Å². The van der Waals surface area contributed by atoms with Gasteiger partial charge >= 0.3 is 0 Å². The molecule has 0 heterocycles. The molecule has 1 unspecified atom stereocenters. The summed E-state index contributed by atoms with van der Waals surface area (Å²) >= 11 is 1.18. The van der Waals surface area contributed by atoms with E-state index in [-0.39, 0.29) is 35.0 Å². The Kier molecular flexibility index (Phi) is 9.03. The fourth-order valence-electron chi connectivity index (χ4n) is 1.32. The van der Waals surface area contributed by atoms with Gasteiger partial charge in [-0.05, 0) is 12.3 Å². The second-order valence-corrected chi connectivity index (χ2v) is 5.84. The van der Waals surface area contributed by atoms with Crippen LogP contribution in [0.25, 0.3) is 0 Å². The first-order valence-electron chi connectivity index (χ1n) is 6.17. The average Bonchev–Trinajstić information content (AvgIpc) is 2.33. The molecule has 0 aliphatic rings. The Hall–Kier alpha value is -1.24. The molecule has 0 rings (SSSR count). The molecule has 0 saturated heterocycles. The molecule has 0 aromatic heterocycles. The van der Waals surface area contributed by atoms with Gasteiger partial charge in [0, 0.05) is 36.7 Å². The Morgan fingerprint density at radius 2 is 1.84 bits per heavy atom. The van der Waals surface area contributed by atoms with Crippen molar-refractivity contribution in [3.63, 3.8) is 0 Å². The Morgan fingerprint density at radius 3 is 2.32 bits per heavy atom. The van der Waals surface area contributed by atoms with Gasteiger partial charge in [-0.3, -0.25) is 14.4 Å². The van der Waals surface area contributed by atoms with Gasteiger partial charge in [-0.25, -0.2) is 0 Å². The Morgan fingerprint density at radius 1 is 1.21 bits per heavy atom. The molecule has 0 radical (unpaired) electrons. The molecule has 1 atom stereocenters. The van der Waals surface area contributed by atoms with Gasteiger partial charge < -0.3 is 5.32 Å². The van der Waals surface area contributed by atoms with Crippen molar-refractivity contribution < 1.29 is 14.4 Å². The molecule has 108 valence electrons. The minimum absolute atomic E-state index is 0.00778. The molecular weight excluding hydrogens is 268 g/mol. The minimum atomic E-state index is -0.726. The first kappa shape index (κ1) is 17.8. The summed E-state index contributed by atoms with van der Waals surface area (Å²) in [4.78, 5) is 43.1. The van der Waals surface area contributed by atoms with Crippen molar-refractivity contribution in [3.8, 4) is 0 Å². The zero-order valence-electron chi connectivity index (χ0n) is 11.5. The van der Waals surface area contributed by atoms with Gasteiger partial charge in [0.25, 0.3) is 5.91 Å². The van der Waals surface area contributed by atoms with Crippen LogP contribution in [0.2, 0.25) is 0 Å².